The molecule has 1 saturated heterocycles. The molecule has 0 radical (unpaired) electrons. The zero-order valence-corrected chi connectivity index (χ0v) is 18.8. The predicted molar refractivity (Wildman–Crippen MR) is 115 cm³/mol. The number of halogens is 6. The van der Waals surface area contributed by atoms with Crippen LogP contribution in [0.1, 0.15) is 42.4 Å². The van der Waals surface area contributed by atoms with E-state index in [2.05, 4.69) is 20.5 Å². The van der Waals surface area contributed by atoms with Crippen molar-refractivity contribution in [2.45, 2.75) is 44.8 Å². The van der Waals surface area contributed by atoms with Crippen LogP contribution in [-0.2, 0) is 12.4 Å². The first-order valence-corrected chi connectivity index (χ1v) is 10.5. The van der Waals surface area contributed by atoms with Crippen molar-refractivity contribution in [3.63, 3.8) is 0 Å². The Morgan fingerprint density at radius 2 is 1.69 bits per heavy atom. The van der Waals surface area contributed by atoms with Crippen molar-refractivity contribution in [1.29, 1.82) is 0 Å². The Kier molecular flexibility index (Phi) is 5.74. The number of fused-ring (bicyclic) bond motifs is 1. The summed E-state index contributed by atoms with van der Waals surface area (Å²) in [5, 5.41) is 30.7. The van der Waals surface area contributed by atoms with E-state index in [4.69, 9.17) is 0 Å². The number of hydrogen-bond acceptors (Lipinski definition) is 7. The normalized spacial score (nSPS) is 16.8. The van der Waals surface area contributed by atoms with Gasteiger partial charge in [0.15, 0.2) is 11.5 Å². The fraction of sp³-hybridized carbons (Fsp3) is 0.409. The lowest BCUT2D eigenvalue weighted by Crippen LogP contribution is -2.60. The molecule has 1 aromatic carbocycles. The van der Waals surface area contributed by atoms with E-state index in [9.17, 15) is 36.6 Å². The quantitative estimate of drug-likeness (QED) is 0.442. The van der Waals surface area contributed by atoms with Gasteiger partial charge in [0.05, 0.1) is 34.1 Å². The number of phenolic OH excluding ortho intramolecular Hbond substituents is 1. The summed E-state index contributed by atoms with van der Waals surface area (Å²) in [6.07, 6.45) is -9.47. The highest BCUT2D eigenvalue weighted by molar-refractivity contribution is 5.93. The number of benzene rings is 1. The molecule has 1 aliphatic heterocycles. The molecule has 0 saturated carbocycles. The first-order valence-electron chi connectivity index (χ1n) is 10.5. The van der Waals surface area contributed by atoms with Crippen molar-refractivity contribution in [2.24, 2.45) is 0 Å². The molecule has 3 heterocycles. The summed E-state index contributed by atoms with van der Waals surface area (Å²) in [6, 6.07) is 2.99. The van der Waals surface area contributed by atoms with Gasteiger partial charge < -0.3 is 20.4 Å². The number of aromatic hydroxyl groups is 1. The molecule has 3 aromatic rings. The molecule has 1 fully saturated rings. The van der Waals surface area contributed by atoms with E-state index in [0.717, 1.165) is 12.1 Å². The molecule has 1 atom stereocenters. The molecule has 2 aromatic heterocycles. The maximum absolute atomic E-state index is 13.8. The van der Waals surface area contributed by atoms with Gasteiger partial charge in [0.2, 0.25) is 0 Å². The molecule has 0 aliphatic carbocycles. The second kappa shape index (κ2) is 8.11. The summed E-state index contributed by atoms with van der Waals surface area (Å²) in [5.41, 5.74) is -3.47. The number of nitrogens with one attached hydrogen (secondary N) is 1. The third-order valence-corrected chi connectivity index (χ3v) is 5.69. The molecule has 4 rings (SSSR count). The average Bonchev–Trinajstić information content (AvgIpc) is 2.71. The van der Waals surface area contributed by atoms with E-state index in [1.165, 1.54) is 31.7 Å². The van der Waals surface area contributed by atoms with Crippen LogP contribution in [0, 0.1) is 6.92 Å². The van der Waals surface area contributed by atoms with Crippen molar-refractivity contribution in [3.05, 3.63) is 46.8 Å². The van der Waals surface area contributed by atoms with Gasteiger partial charge in [-0.15, -0.1) is 5.10 Å². The average molecular weight is 501 g/mol. The maximum Gasteiger partial charge on any atom is 0.435 e. The van der Waals surface area contributed by atoms with E-state index in [0.29, 0.717) is 6.07 Å². The molecule has 0 unspecified atom stereocenters. The number of nitrogens with zero attached hydrogens (tertiary/aromatic N) is 4. The van der Waals surface area contributed by atoms with Crippen LogP contribution in [0.2, 0.25) is 0 Å². The number of alkyl halides is 6. The lowest BCUT2D eigenvalue weighted by molar-refractivity contribution is -0.140. The van der Waals surface area contributed by atoms with Crippen LogP contribution in [0.5, 0.6) is 5.75 Å². The third kappa shape index (κ3) is 4.90. The van der Waals surface area contributed by atoms with Crippen LogP contribution < -0.4 is 10.2 Å². The third-order valence-electron chi connectivity index (χ3n) is 5.69. The Balaban J connectivity index is 1.79. The van der Waals surface area contributed by atoms with Crippen molar-refractivity contribution in [1.82, 2.24) is 15.2 Å². The number of aliphatic hydroxyl groups is 1. The molecule has 0 amide bonds. The largest absolute Gasteiger partial charge is 0.508 e. The lowest BCUT2D eigenvalue weighted by atomic mass is 9.95. The van der Waals surface area contributed by atoms with Crippen LogP contribution >= 0.6 is 0 Å². The molecular weight excluding hydrogens is 480 g/mol. The molecular formula is C22H21F6N5O2. The van der Waals surface area contributed by atoms with Gasteiger partial charge in [-0.25, -0.2) is 4.98 Å². The molecule has 188 valence electrons. The van der Waals surface area contributed by atoms with E-state index in [-0.39, 0.29) is 46.8 Å². The van der Waals surface area contributed by atoms with E-state index < -0.39 is 41.0 Å². The number of aryl methyl sites for hydroxylation is 1. The van der Waals surface area contributed by atoms with Gasteiger partial charge in [0, 0.05) is 18.5 Å². The van der Waals surface area contributed by atoms with Crippen molar-refractivity contribution in [3.8, 4) is 5.75 Å². The Morgan fingerprint density at radius 3 is 2.26 bits per heavy atom. The van der Waals surface area contributed by atoms with Gasteiger partial charge in [-0.05, 0) is 50.6 Å². The van der Waals surface area contributed by atoms with Gasteiger partial charge in [0.1, 0.15) is 5.75 Å². The minimum Gasteiger partial charge on any atom is -0.508 e. The van der Waals surface area contributed by atoms with Crippen LogP contribution in [0.4, 0.5) is 37.8 Å². The first kappa shape index (κ1) is 24.8. The standard InChI is InChI=1S/C22H21F6N5O2/c1-10(12-4-13(21(23,24)25)6-14(34)5-12)29-19-15-7-16(33-8-20(3,35)9-33)18(22(26,27)28)30-17(15)11(2)31-32-19/h4-7,10,34-35H,8-9H2,1-3H3,(H,29,32)/t10-/m1/s1. The summed E-state index contributed by atoms with van der Waals surface area (Å²) in [6.45, 7) is 4.37. The Bertz CT molecular complexity index is 1280. The number of aromatic nitrogens is 3. The molecule has 0 bridgehead atoms. The smallest absolute Gasteiger partial charge is 0.435 e. The molecule has 7 nitrogen and oxygen atoms in total. The zero-order valence-electron chi connectivity index (χ0n) is 18.8. The van der Waals surface area contributed by atoms with Gasteiger partial charge in [-0.2, -0.15) is 31.4 Å². The highest BCUT2D eigenvalue weighted by atomic mass is 19.4. The highest BCUT2D eigenvalue weighted by Gasteiger charge is 2.43. The van der Waals surface area contributed by atoms with Gasteiger partial charge in [-0.1, -0.05) is 0 Å². The Labute approximate surface area is 195 Å². The second-order valence-electron chi connectivity index (χ2n) is 8.91. The number of β-amino-alcohol motifs (C(OH)–C–C–N with tert-alkyl or cyclic N) is 1. The lowest BCUT2D eigenvalue weighted by Gasteiger charge is -2.46. The molecule has 13 heteroatoms. The molecule has 3 N–H and O–H groups in total. The van der Waals surface area contributed by atoms with Crippen molar-refractivity contribution in [2.75, 3.05) is 23.3 Å². The van der Waals surface area contributed by atoms with E-state index in [1.807, 2.05) is 0 Å². The number of hydrogen-bond donors (Lipinski definition) is 3. The van der Waals surface area contributed by atoms with Gasteiger partial charge in [0.25, 0.3) is 0 Å². The number of rotatable bonds is 4. The molecule has 1 aliphatic rings. The molecule has 0 spiro atoms. The Hall–Kier alpha value is -3.35. The van der Waals surface area contributed by atoms with Gasteiger partial charge in [-0.3, -0.25) is 0 Å². The minimum atomic E-state index is -4.78. The van der Waals surface area contributed by atoms with Crippen LogP contribution in [0.15, 0.2) is 24.3 Å². The highest BCUT2D eigenvalue weighted by Crippen LogP contribution is 2.42. The summed E-state index contributed by atoms with van der Waals surface area (Å²) in [7, 11) is 0. The van der Waals surface area contributed by atoms with Gasteiger partial charge >= 0.3 is 12.4 Å². The van der Waals surface area contributed by atoms with Crippen molar-refractivity contribution < 1.29 is 36.6 Å². The number of anilines is 2. The zero-order chi connectivity index (χ0) is 25.9. The molecule has 35 heavy (non-hydrogen) atoms. The van der Waals surface area contributed by atoms with E-state index >= 15 is 0 Å². The second-order valence-corrected chi connectivity index (χ2v) is 8.91. The van der Waals surface area contributed by atoms with Crippen LogP contribution in [-0.4, -0.2) is 44.1 Å². The topological polar surface area (TPSA) is 94.4 Å². The number of pyridine rings is 1. The van der Waals surface area contributed by atoms with E-state index in [1.54, 1.807) is 0 Å². The summed E-state index contributed by atoms with van der Waals surface area (Å²) in [5.74, 6) is -0.586. The fourth-order valence-corrected chi connectivity index (χ4v) is 4.02. The SMILES string of the molecule is Cc1nnc(N[C@H](C)c2cc(O)cc(C(F)(F)F)c2)c2cc(N3CC(C)(O)C3)c(C(F)(F)F)nc12. The predicted octanol–water partition coefficient (Wildman–Crippen LogP) is 4.82. The monoisotopic (exact) mass is 501 g/mol. The Morgan fingerprint density at radius 1 is 1.03 bits per heavy atom. The summed E-state index contributed by atoms with van der Waals surface area (Å²) >= 11 is 0. The summed E-state index contributed by atoms with van der Waals surface area (Å²) < 4.78 is 80.9. The van der Waals surface area contributed by atoms with Crippen LogP contribution in [0.3, 0.4) is 0 Å². The van der Waals surface area contributed by atoms with Crippen LogP contribution in [0.25, 0.3) is 10.9 Å². The van der Waals surface area contributed by atoms with Crippen molar-refractivity contribution >= 4 is 22.4 Å². The minimum absolute atomic E-state index is 0.00441. The number of phenols is 1. The maximum atomic E-state index is 13.8. The first-order chi connectivity index (χ1) is 16.0. The fourth-order valence-electron chi connectivity index (χ4n) is 4.02. The summed E-state index contributed by atoms with van der Waals surface area (Å²) in [4.78, 5) is 5.15.